The van der Waals surface area contributed by atoms with Crippen molar-refractivity contribution in [1.29, 1.82) is 0 Å². The molecule has 1 atom stereocenters. The Morgan fingerprint density at radius 2 is 1.82 bits per heavy atom. The van der Waals surface area contributed by atoms with Crippen LogP contribution >= 0.6 is 0 Å². The number of carboxylic acid groups (broad SMARTS) is 1. The highest BCUT2D eigenvalue weighted by Crippen LogP contribution is 2.21. The van der Waals surface area contributed by atoms with Gasteiger partial charge in [-0.25, -0.2) is 9.18 Å². The first-order valence-electron chi connectivity index (χ1n) is 11.2. The van der Waals surface area contributed by atoms with Crippen molar-refractivity contribution in [2.45, 2.75) is 53.1 Å². The summed E-state index contributed by atoms with van der Waals surface area (Å²) in [4.78, 5) is 11.8. The molecule has 0 aliphatic heterocycles. The molecule has 0 radical (unpaired) electrons. The van der Waals surface area contributed by atoms with Gasteiger partial charge in [0.05, 0.1) is 6.61 Å². The van der Waals surface area contributed by atoms with Crippen molar-refractivity contribution in [3.8, 4) is 5.75 Å². The standard InChI is InChI=1S/C26H29FO4.C2H6/c1-4-5-10-24(20(3)17-18-30-23-14-12-22(27)13-15-23)31-25(26(28)29)16-11-21-9-7-6-8-19(21)2;1-2/h4-10,12-15,25H,3,11,16-18H2,1-2H3,(H,28,29);1-2H3/b5-4-,24-10+;. The highest BCUT2D eigenvalue weighted by Gasteiger charge is 2.21. The number of hydrogen-bond acceptors (Lipinski definition) is 3. The third-order valence-electron chi connectivity index (χ3n) is 4.76. The molecule has 0 amide bonds. The number of aryl methyl sites for hydroxylation is 2. The molecular weight excluding hydrogens is 419 g/mol. The summed E-state index contributed by atoms with van der Waals surface area (Å²) in [5, 5.41) is 9.67. The lowest BCUT2D eigenvalue weighted by Gasteiger charge is -2.19. The molecule has 0 aromatic heterocycles. The maximum atomic E-state index is 13.0. The molecule has 33 heavy (non-hydrogen) atoms. The van der Waals surface area contributed by atoms with E-state index in [-0.39, 0.29) is 5.82 Å². The minimum absolute atomic E-state index is 0.307. The molecule has 0 bridgehead atoms. The second-order valence-electron chi connectivity index (χ2n) is 7.12. The lowest BCUT2D eigenvalue weighted by molar-refractivity contribution is -0.148. The Balaban J connectivity index is 0.00000265. The number of rotatable bonds is 12. The molecule has 2 rings (SSSR count). The molecule has 0 heterocycles. The first-order valence-corrected chi connectivity index (χ1v) is 11.2. The lowest BCUT2D eigenvalue weighted by atomic mass is 10.0. The zero-order chi connectivity index (χ0) is 24.6. The number of carboxylic acids is 1. The van der Waals surface area contributed by atoms with E-state index in [0.29, 0.717) is 43.0 Å². The van der Waals surface area contributed by atoms with Gasteiger partial charge in [0, 0.05) is 6.42 Å². The van der Waals surface area contributed by atoms with Crippen molar-refractivity contribution in [2.75, 3.05) is 6.61 Å². The largest absolute Gasteiger partial charge is 0.493 e. The molecule has 4 nitrogen and oxygen atoms in total. The van der Waals surface area contributed by atoms with Crippen LogP contribution in [-0.4, -0.2) is 23.8 Å². The molecule has 178 valence electrons. The van der Waals surface area contributed by atoms with Crippen LogP contribution in [0.15, 0.2) is 84.7 Å². The second-order valence-corrected chi connectivity index (χ2v) is 7.12. The molecule has 0 aliphatic carbocycles. The van der Waals surface area contributed by atoms with Crippen molar-refractivity contribution in [1.82, 2.24) is 0 Å². The molecule has 5 heteroatoms. The Labute approximate surface area is 197 Å². The van der Waals surface area contributed by atoms with E-state index in [9.17, 15) is 14.3 Å². The van der Waals surface area contributed by atoms with E-state index in [1.54, 1.807) is 24.3 Å². The summed E-state index contributed by atoms with van der Waals surface area (Å²) in [5.74, 6) is -0.379. The van der Waals surface area contributed by atoms with Crippen molar-refractivity contribution in [3.05, 3.63) is 102 Å². The molecule has 1 unspecified atom stereocenters. The summed E-state index contributed by atoms with van der Waals surface area (Å²) in [7, 11) is 0. The molecule has 0 saturated carbocycles. The Hall–Kier alpha value is -3.34. The zero-order valence-corrected chi connectivity index (χ0v) is 20.0. The predicted molar refractivity (Wildman–Crippen MR) is 132 cm³/mol. The van der Waals surface area contributed by atoms with Crippen LogP contribution in [0.1, 0.15) is 44.7 Å². The Morgan fingerprint density at radius 1 is 1.15 bits per heavy atom. The van der Waals surface area contributed by atoms with Crippen LogP contribution < -0.4 is 4.74 Å². The van der Waals surface area contributed by atoms with Gasteiger partial charge < -0.3 is 14.6 Å². The molecule has 0 spiro atoms. The summed E-state index contributed by atoms with van der Waals surface area (Å²) >= 11 is 0. The van der Waals surface area contributed by atoms with Crippen molar-refractivity contribution in [3.63, 3.8) is 0 Å². The summed E-state index contributed by atoms with van der Waals surface area (Å²) in [6, 6.07) is 13.7. The van der Waals surface area contributed by atoms with Crippen LogP contribution in [-0.2, 0) is 16.0 Å². The van der Waals surface area contributed by atoms with Gasteiger partial charge in [-0.15, -0.1) is 0 Å². The minimum atomic E-state index is -1.02. The van der Waals surface area contributed by atoms with E-state index < -0.39 is 12.1 Å². The molecular formula is C28H35FO4. The van der Waals surface area contributed by atoms with Crippen LogP contribution in [0.25, 0.3) is 0 Å². The SMILES string of the molecule is C=C(CCOc1ccc(F)cc1)/C(=C\C=C/C)OC(CCc1ccccc1C)C(=O)O.CC. The third-order valence-corrected chi connectivity index (χ3v) is 4.76. The Morgan fingerprint density at radius 3 is 2.42 bits per heavy atom. The third kappa shape index (κ3) is 10.2. The average Bonchev–Trinajstić information content (AvgIpc) is 2.82. The number of aliphatic carboxylic acids is 1. The van der Waals surface area contributed by atoms with E-state index in [2.05, 4.69) is 6.58 Å². The van der Waals surface area contributed by atoms with E-state index in [1.807, 2.05) is 58.0 Å². The lowest BCUT2D eigenvalue weighted by Crippen LogP contribution is -2.25. The van der Waals surface area contributed by atoms with Crippen molar-refractivity contribution in [2.24, 2.45) is 0 Å². The summed E-state index contributed by atoms with van der Waals surface area (Å²) in [6.45, 7) is 12.2. The van der Waals surface area contributed by atoms with E-state index in [1.165, 1.54) is 12.1 Å². The fourth-order valence-corrected chi connectivity index (χ4v) is 2.93. The van der Waals surface area contributed by atoms with Gasteiger partial charge in [-0.3, -0.25) is 0 Å². The van der Waals surface area contributed by atoms with E-state index in [4.69, 9.17) is 9.47 Å². The van der Waals surface area contributed by atoms with Crippen LogP contribution in [0.2, 0.25) is 0 Å². The highest BCUT2D eigenvalue weighted by atomic mass is 19.1. The maximum Gasteiger partial charge on any atom is 0.344 e. The minimum Gasteiger partial charge on any atom is -0.493 e. The summed E-state index contributed by atoms with van der Waals surface area (Å²) < 4.78 is 24.5. The summed E-state index contributed by atoms with van der Waals surface area (Å²) in [5.41, 5.74) is 2.85. The number of halogens is 1. The molecule has 0 saturated heterocycles. The van der Waals surface area contributed by atoms with E-state index in [0.717, 1.165) is 11.1 Å². The van der Waals surface area contributed by atoms with Crippen molar-refractivity contribution >= 4 is 5.97 Å². The van der Waals surface area contributed by atoms with Crippen molar-refractivity contribution < 1.29 is 23.8 Å². The molecule has 2 aromatic rings. The highest BCUT2D eigenvalue weighted by molar-refractivity contribution is 5.72. The van der Waals surface area contributed by atoms with Gasteiger partial charge in [0.15, 0.2) is 6.10 Å². The first kappa shape index (κ1) is 27.7. The number of allylic oxidation sites excluding steroid dienone is 4. The Bertz CT molecular complexity index is 929. The second kappa shape index (κ2) is 15.5. The maximum absolute atomic E-state index is 13.0. The number of benzene rings is 2. The fourth-order valence-electron chi connectivity index (χ4n) is 2.93. The normalized spacial score (nSPS) is 12.0. The Kier molecular flexibility index (Phi) is 13.0. The van der Waals surface area contributed by atoms with Crippen LogP contribution in [0.4, 0.5) is 4.39 Å². The molecule has 2 aromatic carbocycles. The van der Waals surface area contributed by atoms with Crippen LogP contribution in [0.5, 0.6) is 5.75 Å². The number of carbonyl (C=O) groups is 1. The topological polar surface area (TPSA) is 55.8 Å². The summed E-state index contributed by atoms with van der Waals surface area (Å²) in [6.07, 6.45) is 5.70. The first-order chi connectivity index (χ1) is 15.9. The number of ether oxygens (including phenoxy) is 2. The number of hydrogen-bond donors (Lipinski definition) is 1. The fraction of sp³-hybridized carbons (Fsp3) is 0.321. The molecule has 0 aliphatic rings. The quantitative estimate of drug-likeness (QED) is 0.276. The molecule has 0 fully saturated rings. The van der Waals surface area contributed by atoms with Gasteiger partial charge in [0.2, 0.25) is 0 Å². The zero-order valence-electron chi connectivity index (χ0n) is 20.0. The van der Waals surface area contributed by atoms with Crippen LogP contribution in [0.3, 0.4) is 0 Å². The van der Waals surface area contributed by atoms with Gasteiger partial charge in [-0.1, -0.05) is 56.8 Å². The molecule has 1 N–H and O–H groups in total. The predicted octanol–water partition coefficient (Wildman–Crippen LogP) is 7.05. The smallest absolute Gasteiger partial charge is 0.344 e. The van der Waals surface area contributed by atoms with Gasteiger partial charge in [-0.05, 0) is 73.7 Å². The average molecular weight is 455 g/mol. The van der Waals surface area contributed by atoms with Crippen LogP contribution in [0, 0.1) is 12.7 Å². The van der Waals surface area contributed by atoms with Gasteiger partial charge in [-0.2, -0.15) is 0 Å². The van der Waals surface area contributed by atoms with Gasteiger partial charge in [0.25, 0.3) is 0 Å². The van der Waals surface area contributed by atoms with E-state index >= 15 is 0 Å². The van der Waals surface area contributed by atoms with Gasteiger partial charge in [0.1, 0.15) is 17.3 Å². The monoisotopic (exact) mass is 454 g/mol. The van der Waals surface area contributed by atoms with Gasteiger partial charge >= 0.3 is 5.97 Å².